The van der Waals surface area contributed by atoms with Crippen LogP contribution in [0.15, 0.2) is 36.5 Å². The fourth-order valence-electron chi connectivity index (χ4n) is 2.54. The Morgan fingerprint density at radius 2 is 2.20 bits per heavy atom. The van der Waals surface area contributed by atoms with Gasteiger partial charge in [0.25, 0.3) is 0 Å². The summed E-state index contributed by atoms with van der Waals surface area (Å²) in [6, 6.07) is 11.3. The van der Waals surface area contributed by atoms with E-state index in [1.165, 1.54) is 23.8 Å². The van der Waals surface area contributed by atoms with E-state index in [0.717, 1.165) is 25.0 Å². The lowest BCUT2D eigenvalue weighted by molar-refractivity contribution is 0.263. The predicted molar refractivity (Wildman–Crippen MR) is 86.6 cm³/mol. The first-order chi connectivity index (χ1) is 9.72. The number of nitrogens with two attached hydrogens (primary N) is 1. The van der Waals surface area contributed by atoms with Gasteiger partial charge in [-0.3, -0.25) is 9.88 Å². The minimum absolute atomic E-state index is 0.610. The second-order valence-electron chi connectivity index (χ2n) is 5.45. The van der Waals surface area contributed by atoms with Crippen molar-refractivity contribution in [3.63, 3.8) is 0 Å². The zero-order valence-electron chi connectivity index (χ0n) is 11.5. The molecule has 1 aromatic heterocycles. The third-order valence-electron chi connectivity index (χ3n) is 3.76. The molecule has 0 saturated heterocycles. The van der Waals surface area contributed by atoms with Crippen LogP contribution in [0.5, 0.6) is 0 Å². The van der Waals surface area contributed by atoms with Gasteiger partial charge in [0.1, 0.15) is 0 Å². The van der Waals surface area contributed by atoms with E-state index < -0.39 is 0 Å². The van der Waals surface area contributed by atoms with Crippen LogP contribution in [0.3, 0.4) is 0 Å². The number of rotatable bonds is 6. The maximum Gasteiger partial charge on any atom is 0.0740 e. The number of pyridine rings is 1. The molecule has 0 bridgehead atoms. The molecule has 1 aliphatic rings. The quantitative estimate of drug-likeness (QED) is 0.829. The highest BCUT2D eigenvalue weighted by Gasteiger charge is 2.28. The van der Waals surface area contributed by atoms with Crippen molar-refractivity contribution in [1.82, 2.24) is 9.88 Å². The summed E-state index contributed by atoms with van der Waals surface area (Å²) in [5, 5.41) is 1.20. The van der Waals surface area contributed by atoms with Crippen LogP contribution in [-0.2, 0) is 6.54 Å². The molecule has 0 unspecified atom stereocenters. The number of hydrogen-bond acceptors (Lipinski definition) is 3. The topological polar surface area (TPSA) is 42.1 Å². The van der Waals surface area contributed by atoms with E-state index in [1.807, 2.05) is 12.3 Å². The van der Waals surface area contributed by atoms with E-state index >= 15 is 0 Å². The van der Waals surface area contributed by atoms with Crippen molar-refractivity contribution >= 4 is 28.1 Å². The molecular formula is C16H19N3S. The molecule has 3 nitrogen and oxygen atoms in total. The summed E-state index contributed by atoms with van der Waals surface area (Å²) < 4.78 is 0. The van der Waals surface area contributed by atoms with Crippen molar-refractivity contribution in [3.8, 4) is 0 Å². The fourth-order valence-corrected chi connectivity index (χ4v) is 2.63. The minimum atomic E-state index is 0.610. The van der Waals surface area contributed by atoms with Crippen molar-refractivity contribution in [2.24, 2.45) is 5.73 Å². The maximum atomic E-state index is 5.63. The lowest BCUT2D eigenvalue weighted by Crippen LogP contribution is -2.29. The van der Waals surface area contributed by atoms with Crippen LogP contribution in [0.4, 0.5) is 0 Å². The van der Waals surface area contributed by atoms with E-state index in [9.17, 15) is 0 Å². The molecule has 0 spiro atoms. The van der Waals surface area contributed by atoms with Crippen molar-refractivity contribution in [2.75, 3.05) is 6.54 Å². The minimum Gasteiger partial charge on any atom is -0.393 e. The van der Waals surface area contributed by atoms with Crippen LogP contribution in [0.25, 0.3) is 10.9 Å². The summed E-state index contributed by atoms with van der Waals surface area (Å²) in [7, 11) is 0. The smallest absolute Gasteiger partial charge is 0.0740 e. The molecule has 4 heteroatoms. The zero-order chi connectivity index (χ0) is 13.9. The van der Waals surface area contributed by atoms with Crippen LogP contribution in [0.1, 0.15) is 24.8 Å². The van der Waals surface area contributed by atoms with Gasteiger partial charge in [0.2, 0.25) is 0 Å². The first-order valence-electron chi connectivity index (χ1n) is 7.08. The Hall–Kier alpha value is -1.52. The molecule has 0 aliphatic heterocycles. The Labute approximate surface area is 124 Å². The first kappa shape index (κ1) is 13.5. The Morgan fingerprint density at radius 3 is 2.95 bits per heavy atom. The number of benzene rings is 1. The van der Waals surface area contributed by atoms with Gasteiger partial charge >= 0.3 is 0 Å². The van der Waals surface area contributed by atoms with Crippen molar-refractivity contribution in [1.29, 1.82) is 0 Å². The summed E-state index contributed by atoms with van der Waals surface area (Å²) in [6.45, 7) is 1.93. The number of hydrogen-bond donors (Lipinski definition) is 1. The van der Waals surface area contributed by atoms with Gasteiger partial charge in [-0.15, -0.1) is 0 Å². The van der Waals surface area contributed by atoms with Crippen molar-refractivity contribution < 1.29 is 0 Å². The van der Waals surface area contributed by atoms with E-state index in [-0.39, 0.29) is 0 Å². The van der Waals surface area contributed by atoms with Crippen molar-refractivity contribution in [3.05, 3.63) is 42.1 Å². The average molecular weight is 285 g/mol. The Kier molecular flexibility index (Phi) is 3.94. The molecule has 0 amide bonds. The van der Waals surface area contributed by atoms with Gasteiger partial charge in [0.15, 0.2) is 0 Å². The third-order valence-corrected chi connectivity index (χ3v) is 3.97. The molecular weight excluding hydrogens is 266 g/mol. The third kappa shape index (κ3) is 3.32. The first-order valence-corrected chi connectivity index (χ1v) is 7.49. The van der Waals surface area contributed by atoms with Gasteiger partial charge in [0.05, 0.1) is 10.5 Å². The van der Waals surface area contributed by atoms with E-state index in [4.69, 9.17) is 18.0 Å². The van der Waals surface area contributed by atoms with Crippen LogP contribution in [-0.4, -0.2) is 27.5 Å². The van der Waals surface area contributed by atoms with Gasteiger partial charge in [-0.25, -0.2) is 0 Å². The highest BCUT2D eigenvalue weighted by molar-refractivity contribution is 7.80. The van der Waals surface area contributed by atoms with Gasteiger partial charge in [-0.2, -0.15) is 0 Å². The summed E-state index contributed by atoms with van der Waals surface area (Å²) in [5.74, 6) is 0. The van der Waals surface area contributed by atoms with Crippen LogP contribution < -0.4 is 5.73 Å². The predicted octanol–water partition coefficient (Wildman–Crippen LogP) is 2.88. The van der Waals surface area contributed by atoms with Crippen LogP contribution in [0.2, 0.25) is 0 Å². The maximum absolute atomic E-state index is 5.63. The summed E-state index contributed by atoms with van der Waals surface area (Å²) in [5.41, 5.74) is 8.01. The summed E-state index contributed by atoms with van der Waals surface area (Å²) in [4.78, 5) is 7.47. The van der Waals surface area contributed by atoms with Crippen LogP contribution >= 0.6 is 12.2 Å². The molecule has 2 N–H and O–H groups in total. The number of aromatic nitrogens is 1. The van der Waals surface area contributed by atoms with Gasteiger partial charge in [0, 0.05) is 37.1 Å². The molecule has 2 aromatic rings. The lowest BCUT2D eigenvalue weighted by Gasteiger charge is -2.22. The normalized spacial score (nSPS) is 14.8. The largest absolute Gasteiger partial charge is 0.393 e. The highest BCUT2D eigenvalue weighted by atomic mass is 32.1. The molecule has 1 fully saturated rings. The van der Waals surface area contributed by atoms with Crippen molar-refractivity contribution in [2.45, 2.75) is 31.8 Å². The lowest BCUT2D eigenvalue weighted by atomic mass is 10.1. The molecule has 1 heterocycles. The second-order valence-corrected chi connectivity index (χ2v) is 5.97. The summed E-state index contributed by atoms with van der Waals surface area (Å²) in [6.07, 6.45) is 5.24. The second kappa shape index (κ2) is 5.85. The number of fused-ring (bicyclic) bond motifs is 1. The summed E-state index contributed by atoms with van der Waals surface area (Å²) >= 11 is 4.99. The standard InChI is InChI=1S/C16H19N3S/c17-16(20)7-9-19(14-4-5-14)11-12-3-6-15-13(10-12)2-1-8-18-15/h1-3,6,8,10,14H,4-5,7,9,11H2,(H2,17,20). The van der Waals surface area contributed by atoms with Crippen LogP contribution in [0, 0.1) is 0 Å². The van der Waals surface area contributed by atoms with E-state index in [1.54, 1.807) is 0 Å². The molecule has 0 radical (unpaired) electrons. The van der Waals surface area contributed by atoms with Gasteiger partial charge in [-0.05, 0) is 36.6 Å². The average Bonchev–Trinajstić information content (AvgIpc) is 3.27. The SMILES string of the molecule is NC(=S)CCN(Cc1ccc2ncccc2c1)C1CC1. The fraction of sp³-hybridized carbons (Fsp3) is 0.375. The molecule has 1 aliphatic carbocycles. The number of nitrogens with zero attached hydrogens (tertiary/aromatic N) is 2. The Morgan fingerprint density at radius 1 is 1.35 bits per heavy atom. The molecule has 20 heavy (non-hydrogen) atoms. The Bertz CT molecular complexity index is 622. The molecule has 1 saturated carbocycles. The monoisotopic (exact) mass is 285 g/mol. The van der Waals surface area contributed by atoms with Gasteiger partial charge in [-0.1, -0.05) is 24.4 Å². The van der Waals surface area contributed by atoms with E-state index in [2.05, 4.69) is 34.1 Å². The van der Waals surface area contributed by atoms with Gasteiger partial charge < -0.3 is 5.73 Å². The molecule has 1 aromatic carbocycles. The van der Waals surface area contributed by atoms with E-state index in [0.29, 0.717) is 11.0 Å². The number of thiocarbonyl (C=S) groups is 1. The molecule has 3 rings (SSSR count). The zero-order valence-corrected chi connectivity index (χ0v) is 12.3. The molecule has 104 valence electrons. The Balaban J connectivity index is 1.74. The highest BCUT2D eigenvalue weighted by Crippen LogP contribution is 2.28. The molecule has 0 atom stereocenters.